The molecule has 3 aromatic rings. The molecule has 0 spiro atoms. The second-order valence-corrected chi connectivity index (χ2v) is 6.27. The molecule has 0 saturated carbocycles. The van der Waals surface area contributed by atoms with E-state index in [0.717, 1.165) is 17.0 Å². The number of para-hydroxylation sites is 1. The fraction of sp³-hybridized carbons (Fsp3) is 0.125. The number of hydrogen-bond donors (Lipinski definition) is 0. The van der Waals surface area contributed by atoms with E-state index in [1.54, 1.807) is 13.4 Å². The highest BCUT2D eigenvalue weighted by atomic mass is 16.5. The minimum atomic E-state index is 0.451. The molecule has 142 valence electrons. The molecule has 0 bridgehead atoms. The van der Waals surface area contributed by atoms with Crippen molar-refractivity contribution in [3.8, 4) is 17.2 Å². The summed E-state index contributed by atoms with van der Waals surface area (Å²) in [5.74, 6) is 2.56. The van der Waals surface area contributed by atoms with Gasteiger partial charge in [-0.3, -0.25) is 0 Å². The van der Waals surface area contributed by atoms with Gasteiger partial charge in [0, 0.05) is 11.6 Å². The number of nitrogens with zero attached hydrogens (tertiary/aromatic N) is 1. The summed E-state index contributed by atoms with van der Waals surface area (Å²) in [5, 5.41) is 0. The van der Waals surface area contributed by atoms with Crippen molar-refractivity contribution in [3.05, 3.63) is 96.3 Å². The number of ether oxygens (including phenoxy) is 3. The maximum absolute atomic E-state index is 6.05. The summed E-state index contributed by atoms with van der Waals surface area (Å²) in [6.07, 6.45) is 1.65. The molecule has 4 nitrogen and oxygen atoms in total. The van der Waals surface area contributed by atoms with Crippen molar-refractivity contribution in [3.63, 3.8) is 0 Å². The molecular weight excluding hydrogens is 350 g/mol. The zero-order chi connectivity index (χ0) is 19.8. The predicted octanol–water partition coefficient (Wildman–Crippen LogP) is 6.10. The van der Waals surface area contributed by atoms with E-state index < -0.39 is 0 Å². The van der Waals surface area contributed by atoms with Gasteiger partial charge in [0.05, 0.1) is 19.1 Å². The van der Waals surface area contributed by atoms with E-state index in [0.29, 0.717) is 17.4 Å². The Bertz CT molecular complexity index is 961. The predicted molar refractivity (Wildman–Crippen MR) is 113 cm³/mol. The SMILES string of the molecule is COc1cccc(OC(=N\c2ccccc2)/C(C)=C/Oc2ccc(C)cc2)c1. The van der Waals surface area contributed by atoms with E-state index in [4.69, 9.17) is 14.2 Å². The van der Waals surface area contributed by atoms with Gasteiger partial charge < -0.3 is 14.2 Å². The van der Waals surface area contributed by atoms with Crippen LogP contribution in [0, 0.1) is 6.92 Å². The van der Waals surface area contributed by atoms with Crippen molar-refractivity contribution in [1.82, 2.24) is 0 Å². The van der Waals surface area contributed by atoms with E-state index in [9.17, 15) is 0 Å². The summed E-state index contributed by atoms with van der Waals surface area (Å²) < 4.78 is 17.1. The second kappa shape index (κ2) is 9.42. The normalized spacial score (nSPS) is 11.8. The van der Waals surface area contributed by atoms with Gasteiger partial charge >= 0.3 is 0 Å². The Labute approximate surface area is 165 Å². The van der Waals surface area contributed by atoms with Gasteiger partial charge in [0.15, 0.2) is 0 Å². The lowest BCUT2D eigenvalue weighted by Crippen LogP contribution is -2.11. The molecule has 0 aromatic heterocycles. The fourth-order valence-corrected chi connectivity index (χ4v) is 2.41. The lowest BCUT2D eigenvalue weighted by molar-refractivity contribution is 0.411. The Morgan fingerprint density at radius 1 is 0.821 bits per heavy atom. The number of methoxy groups -OCH3 is 1. The first kappa shape index (κ1) is 19.2. The van der Waals surface area contributed by atoms with Gasteiger partial charge in [0.1, 0.15) is 17.2 Å². The maximum atomic E-state index is 6.05. The van der Waals surface area contributed by atoms with Crippen molar-refractivity contribution in [2.75, 3.05) is 7.11 Å². The maximum Gasteiger partial charge on any atom is 0.225 e. The fourth-order valence-electron chi connectivity index (χ4n) is 2.41. The molecule has 3 rings (SSSR count). The third-order valence-electron chi connectivity index (χ3n) is 3.97. The quantitative estimate of drug-likeness (QED) is 0.298. The number of hydrogen-bond acceptors (Lipinski definition) is 4. The lowest BCUT2D eigenvalue weighted by atomic mass is 10.2. The Balaban J connectivity index is 1.87. The molecule has 0 aliphatic carbocycles. The average molecular weight is 373 g/mol. The van der Waals surface area contributed by atoms with Crippen LogP contribution >= 0.6 is 0 Å². The molecular formula is C24H23NO3. The standard InChI is InChI=1S/C24H23NO3/c1-18-12-14-21(15-13-18)27-17-19(2)24(25-20-8-5-4-6-9-20)28-23-11-7-10-22(16-23)26-3/h4-17H,1-3H3/b19-17+,25-24-. The Morgan fingerprint density at radius 3 is 2.25 bits per heavy atom. The van der Waals surface area contributed by atoms with Crippen LogP contribution in [0.4, 0.5) is 5.69 Å². The molecule has 0 aliphatic rings. The molecule has 0 atom stereocenters. The Hall–Kier alpha value is -3.53. The monoisotopic (exact) mass is 373 g/mol. The minimum Gasteiger partial charge on any atom is -0.497 e. The van der Waals surface area contributed by atoms with Crippen LogP contribution in [0.1, 0.15) is 12.5 Å². The third-order valence-corrected chi connectivity index (χ3v) is 3.97. The van der Waals surface area contributed by atoms with Gasteiger partial charge in [-0.15, -0.1) is 0 Å². The number of rotatable bonds is 6. The first-order valence-electron chi connectivity index (χ1n) is 9.00. The second-order valence-electron chi connectivity index (χ2n) is 6.27. The largest absolute Gasteiger partial charge is 0.497 e. The van der Waals surface area contributed by atoms with Gasteiger partial charge in [0.25, 0.3) is 0 Å². The van der Waals surface area contributed by atoms with E-state index in [2.05, 4.69) is 4.99 Å². The number of aryl methyl sites for hydroxylation is 1. The third kappa shape index (κ3) is 5.48. The first-order chi connectivity index (χ1) is 13.6. The summed E-state index contributed by atoms with van der Waals surface area (Å²) in [6.45, 7) is 3.94. The van der Waals surface area contributed by atoms with Crippen molar-refractivity contribution in [2.45, 2.75) is 13.8 Å². The zero-order valence-corrected chi connectivity index (χ0v) is 16.3. The van der Waals surface area contributed by atoms with Crippen LogP contribution in [-0.2, 0) is 0 Å². The highest BCUT2D eigenvalue weighted by Gasteiger charge is 2.09. The van der Waals surface area contributed by atoms with Crippen molar-refractivity contribution >= 4 is 11.6 Å². The summed E-state index contributed by atoms with van der Waals surface area (Å²) in [5.41, 5.74) is 2.73. The molecule has 0 radical (unpaired) electrons. The van der Waals surface area contributed by atoms with E-state index in [1.165, 1.54) is 5.56 Å². The first-order valence-corrected chi connectivity index (χ1v) is 9.00. The minimum absolute atomic E-state index is 0.451. The average Bonchev–Trinajstić information content (AvgIpc) is 2.73. The van der Waals surface area contributed by atoms with Crippen LogP contribution < -0.4 is 14.2 Å². The molecule has 3 aromatic carbocycles. The van der Waals surface area contributed by atoms with Crippen LogP contribution in [-0.4, -0.2) is 13.0 Å². The number of aliphatic imine (C=N–C) groups is 1. The molecule has 0 amide bonds. The molecule has 0 unspecified atom stereocenters. The Kier molecular flexibility index (Phi) is 6.47. The zero-order valence-electron chi connectivity index (χ0n) is 16.3. The molecule has 4 heteroatoms. The van der Waals surface area contributed by atoms with Gasteiger partial charge in [-0.2, -0.15) is 0 Å². The molecule has 0 aliphatic heterocycles. The van der Waals surface area contributed by atoms with Crippen LogP contribution in [0.15, 0.2) is 95.7 Å². The Morgan fingerprint density at radius 2 is 1.54 bits per heavy atom. The highest BCUT2D eigenvalue weighted by molar-refractivity contribution is 5.96. The topological polar surface area (TPSA) is 40.0 Å². The summed E-state index contributed by atoms with van der Waals surface area (Å²) >= 11 is 0. The summed E-state index contributed by atoms with van der Waals surface area (Å²) in [6, 6.07) is 24.9. The summed E-state index contributed by atoms with van der Waals surface area (Å²) in [4.78, 5) is 4.64. The van der Waals surface area contributed by atoms with Gasteiger partial charge in [-0.25, -0.2) is 4.99 Å². The van der Waals surface area contributed by atoms with Crippen LogP contribution in [0.2, 0.25) is 0 Å². The van der Waals surface area contributed by atoms with Crippen LogP contribution in [0.3, 0.4) is 0 Å². The molecule has 0 N–H and O–H groups in total. The van der Waals surface area contributed by atoms with Gasteiger partial charge in [-0.1, -0.05) is 42.0 Å². The van der Waals surface area contributed by atoms with Gasteiger partial charge in [-0.05, 0) is 50.2 Å². The molecule has 0 heterocycles. The van der Waals surface area contributed by atoms with E-state index >= 15 is 0 Å². The van der Waals surface area contributed by atoms with Gasteiger partial charge in [0.2, 0.25) is 5.90 Å². The smallest absolute Gasteiger partial charge is 0.225 e. The van der Waals surface area contributed by atoms with Crippen LogP contribution in [0.5, 0.6) is 17.2 Å². The van der Waals surface area contributed by atoms with Crippen molar-refractivity contribution in [1.29, 1.82) is 0 Å². The lowest BCUT2D eigenvalue weighted by Gasteiger charge is -2.11. The summed E-state index contributed by atoms with van der Waals surface area (Å²) in [7, 11) is 1.62. The number of benzene rings is 3. The molecule has 0 saturated heterocycles. The van der Waals surface area contributed by atoms with E-state index in [1.807, 2.05) is 92.7 Å². The molecule has 0 fully saturated rings. The highest BCUT2D eigenvalue weighted by Crippen LogP contribution is 2.22. The molecule has 28 heavy (non-hydrogen) atoms. The van der Waals surface area contributed by atoms with Crippen molar-refractivity contribution in [2.24, 2.45) is 4.99 Å². The van der Waals surface area contributed by atoms with Crippen LogP contribution in [0.25, 0.3) is 0 Å². The van der Waals surface area contributed by atoms with E-state index in [-0.39, 0.29) is 0 Å². The van der Waals surface area contributed by atoms with Crippen molar-refractivity contribution < 1.29 is 14.2 Å².